The maximum absolute atomic E-state index is 12.8. The van der Waals surface area contributed by atoms with E-state index >= 15 is 0 Å². The van der Waals surface area contributed by atoms with E-state index in [-0.39, 0.29) is 10.5 Å². The van der Waals surface area contributed by atoms with Gasteiger partial charge in [0.2, 0.25) is 0 Å². The SMILES string of the molecule is Cc1ccccc1C(=O)C(C#N)c1nc2cc(C(F)(F)F)ccc2s1. The first-order chi connectivity index (χ1) is 11.8. The fourth-order valence-electron chi connectivity index (χ4n) is 2.48. The van der Waals surface area contributed by atoms with Gasteiger partial charge in [-0.3, -0.25) is 4.79 Å². The van der Waals surface area contributed by atoms with Crippen LogP contribution in [-0.4, -0.2) is 10.8 Å². The summed E-state index contributed by atoms with van der Waals surface area (Å²) in [7, 11) is 0. The van der Waals surface area contributed by atoms with Gasteiger partial charge in [0.25, 0.3) is 0 Å². The van der Waals surface area contributed by atoms with Crippen LogP contribution < -0.4 is 0 Å². The van der Waals surface area contributed by atoms with E-state index in [4.69, 9.17) is 0 Å². The van der Waals surface area contributed by atoms with Crippen LogP contribution >= 0.6 is 11.3 Å². The van der Waals surface area contributed by atoms with Gasteiger partial charge in [-0.25, -0.2) is 4.98 Å². The summed E-state index contributed by atoms with van der Waals surface area (Å²) in [5, 5.41) is 9.63. The number of ketones is 1. The molecule has 0 aliphatic rings. The maximum atomic E-state index is 12.8. The van der Waals surface area contributed by atoms with Gasteiger partial charge in [0.1, 0.15) is 5.01 Å². The van der Waals surface area contributed by atoms with Crippen LogP contribution in [0.4, 0.5) is 13.2 Å². The van der Waals surface area contributed by atoms with Gasteiger partial charge in [-0.1, -0.05) is 24.3 Å². The number of carbonyl (C=O) groups excluding carboxylic acids is 1. The zero-order chi connectivity index (χ0) is 18.2. The number of benzene rings is 2. The van der Waals surface area contributed by atoms with Gasteiger partial charge in [-0.15, -0.1) is 11.3 Å². The molecule has 0 saturated carbocycles. The summed E-state index contributed by atoms with van der Waals surface area (Å²) in [4.78, 5) is 16.8. The molecule has 3 nitrogen and oxygen atoms in total. The molecule has 0 spiro atoms. The molecule has 0 bridgehead atoms. The van der Waals surface area contributed by atoms with E-state index in [2.05, 4.69) is 4.98 Å². The molecule has 2 aromatic carbocycles. The number of Topliss-reactive ketones (excluding diaryl/α,β-unsaturated/α-hetero) is 1. The predicted molar refractivity (Wildman–Crippen MR) is 88.5 cm³/mol. The van der Waals surface area contributed by atoms with E-state index in [1.807, 2.05) is 6.07 Å². The summed E-state index contributed by atoms with van der Waals surface area (Å²) in [5.74, 6) is -1.55. The number of alkyl halides is 3. The van der Waals surface area contributed by atoms with Crippen molar-refractivity contribution in [3.63, 3.8) is 0 Å². The highest BCUT2D eigenvalue weighted by atomic mass is 32.1. The van der Waals surface area contributed by atoms with E-state index in [1.165, 1.54) is 6.07 Å². The van der Waals surface area contributed by atoms with Gasteiger partial charge in [0, 0.05) is 5.56 Å². The van der Waals surface area contributed by atoms with Crippen molar-refractivity contribution in [2.24, 2.45) is 0 Å². The number of aryl methyl sites for hydroxylation is 1. The van der Waals surface area contributed by atoms with Crippen molar-refractivity contribution >= 4 is 27.3 Å². The number of aromatic nitrogens is 1. The molecule has 0 saturated heterocycles. The molecule has 0 N–H and O–H groups in total. The lowest BCUT2D eigenvalue weighted by Gasteiger charge is -2.07. The lowest BCUT2D eigenvalue weighted by molar-refractivity contribution is -0.137. The molecule has 1 heterocycles. The number of hydrogen-bond acceptors (Lipinski definition) is 4. The van der Waals surface area contributed by atoms with Crippen LogP contribution in [0.25, 0.3) is 10.2 Å². The molecule has 0 aliphatic heterocycles. The fourth-order valence-corrected chi connectivity index (χ4v) is 3.47. The van der Waals surface area contributed by atoms with Gasteiger partial charge in [-0.2, -0.15) is 18.4 Å². The van der Waals surface area contributed by atoms with Crippen LogP contribution in [0.15, 0.2) is 42.5 Å². The molecule has 0 radical (unpaired) electrons. The Bertz CT molecular complexity index is 1000. The minimum absolute atomic E-state index is 0.132. The average Bonchev–Trinajstić information content (AvgIpc) is 2.97. The Hall–Kier alpha value is -2.72. The predicted octanol–water partition coefficient (Wildman–Crippen LogP) is 5.11. The monoisotopic (exact) mass is 360 g/mol. The Morgan fingerprint density at radius 2 is 1.96 bits per heavy atom. The van der Waals surface area contributed by atoms with Gasteiger partial charge in [0.05, 0.1) is 21.8 Å². The van der Waals surface area contributed by atoms with Crippen LogP contribution in [0, 0.1) is 18.3 Å². The standard InChI is InChI=1S/C18H11F3N2OS/c1-10-4-2-3-5-12(10)16(24)13(9-22)17-23-14-8-11(18(19,20)21)6-7-15(14)25-17/h2-8,13H,1H3. The Balaban J connectivity index is 2.03. The highest BCUT2D eigenvalue weighted by Crippen LogP contribution is 2.35. The molecular formula is C18H11F3N2OS. The molecule has 7 heteroatoms. The summed E-state index contributed by atoms with van der Waals surface area (Å²) in [6.07, 6.45) is -4.47. The van der Waals surface area contributed by atoms with Crippen LogP contribution in [0.1, 0.15) is 32.4 Å². The molecular weight excluding hydrogens is 349 g/mol. The summed E-state index contributed by atoms with van der Waals surface area (Å²) in [6, 6.07) is 12.0. The third kappa shape index (κ3) is 3.26. The first-order valence-corrected chi connectivity index (χ1v) is 8.10. The number of carbonyl (C=O) groups is 1. The van der Waals surface area contributed by atoms with Crippen molar-refractivity contribution < 1.29 is 18.0 Å². The zero-order valence-corrected chi connectivity index (χ0v) is 13.8. The summed E-state index contributed by atoms with van der Waals surface area (Å²) < 4.78 is 38.9. The molecule has 0 fully saturated rings. The molecule has 0 aliphatic carbocycles. The fraction of sp³-hybridized carbons (Fsp3) is 0.167. The van der Waals surface area contributed by atoms with Crippen LogP contribution in [0.5, 0.6) is 0 Å². The number of hydrogen-bond donors (Lipinski definition) is 0. The second-order valence-electron chi connectivity index (χ2n) is 5.47. The minimum Gasteiger partial charge on any atom is -0.292 e. The van der Waals surface area contributed by atoms with Gasteiger partial charge < -0.3 is 0 Å². The third-order valence-electron chi connectivity index (χ3n) is 3.78. The number of thiazole rings is 1. The quantitative estimate of drug-likeness (QED) is 0.610. The van der Waals surface area contributed by atoms with E-state index in [0.29, 0.717) is 10.3 Å². The van der Waals surface area contributed by atoms with Gasteiger partial charge >= 0.3 is 6.18 Å². The topological polar surface area (TPSA) is 53.8 Å². The minimum atomic E-state index is -4.47. The van der Waals surface area contributed by atoms with Gasteiger partial charge in [0.15, 0.2) is 11.7 Å². The average molecular weight is 360 g/mol. The normalized spacial score (nSPS) is 12.8. The largest absolute Gasteiger partial charge is 0.416 e. The van der Waals surface area contributed by atoms with E-state index in [1.54, 1.807) is 31.2 Å². The third-order valence-corrected chi connectivity index (χ3v) is 4.88. The van der Waals surface area contributed by atoms with E-state index < -0.39 is 23.4 Å². The smallest absolute Gasteiger partial charge is 0.292 e. The number of halogens is 3. The van der Waals surface area contributed by atoms with Crippen LogP contribution in [-0.2, 0) is 6.18 Å². The molecule has 3 rings (SSSR count). The lowest BCUT2D eigenvalue weighted by atomic mass is 9.96. The van der Waals surface area contributed by atoms with Crippen molar-refractivity contribution in [3.05, 3.63) is 64.2 Å². The van der Waals surface area contributed by atoms with Crippen molar-refractivity contribution in [2.45, 2.75) is 19.0 Å². The number of nitriles is 1. The number of nitrogens with zero attached hydrogens (tertiary/aromatic N) is 2. The molecule has 25 heavy (non-hydrogen) atoms. The summed E-state index contributed by atoms with van der Waals surface area (Å²) in [5.41, 5.74) is 0.459. The van der Waals surface area contributed by atoms with Crippen molar-refractivity contribution in [2.75, 3.05) is 0 Å². The number of fused-ring (bicyclic) bond motifs is 1. The first-order valence-electron chi connectivity index (χ1n) is 7.28. The Morgan fingerprint density at radius 1 is 1.24 bits per heavy atom. The molecule has 3 aromatic rings. The maximum Gasteiger partial charge on any atom is 0.416 e. The van der Waals surface area contributed by atoms with Crippen molar-refractivity contribution in [3.8, 4) is 6.07 Å². The van der Waals surface area contributed by atoms with Crippen molar-refractivity contribution in [1.29, 1.82) is 5.26 Å². The summed E-state index contributed by atoms with van der Waals surface area (Å²) in [6.45, 7) is 1.76. The van der Waals surface area contributed by atoms with Crippen molar-refractivity contribution in [1.82, 2.24) is 4.98 Å². The number of rotatable bonds is 3. The highest BCUT2D eigenvalue weighted by molar-refractivity contribution is 7.18. The van der Waals surface area contributed by atoms with Gasteiger partial charge in [-0.05, 0) is 30.7 Å². The Kier molecular flexibility index (Phi) is 4.31. The van der Waals surface area contributed by atoms with Crippen LogP contribution in [0.2, 0.25) is 0 Å². The molecule has 1 unspecified atom stereocenters. The van der Waals surface area contributed by atoms with E-state index in [0.717, 1.165) is 29.0 Å². The molecule has 0 amide bonds. The Labute approximate surface area is 145 Å². The zero-order valence-electron chi connectivity index (χ0n) is 13.0. The van der Waals surface area contributed by atoms with E-state index in [9.17, 15) is 23.2 Å². The second kappa shape index (κ2) is 6.30. The second-order valence-corrected chi connectivity index (χ2v) is 6.54. The summed E-state index contributed by atoms with van der Waals surface area (Å²) >= 11 is 1.06. The molecule has 1 atom stereocenters. The highest BCUT2D eigenvalue weighted by Gasteiger charge is 2.31. The first kappa shape index (κ1) is 17.1. The molecule has 126 valence electrons. The lowest BCUT2D eigenvalue weighted by Crippen LogP contribution is -2.12. The Morgan fingerprint density at radius 3 is 2.60 bits per heavy atom. The molecule has 1 aromatic heterocycles. The van der Waals surface area contributed by atoms with Crippen LogP contribution in [0.3, 0.4) is 0 Å².